The van der Waals surface area contributed by atoms with Gasteiger partial charge in [0.15, 0.2) is 5.65 Å². The molecule has 2 aromatic heterocycles. The fourth-order valence-corrected chi connectivity index (χ4v) is 1.06. The molecular weight excluding hydrogens is 186 g/mol. The van der Waals surface area contributed by atoms with Crippen molar-refractivity contribution in [2.24, 2.45) is 0 Å². The van der Waals surface area contributed by atoms with Crippen LogP contribution < -0.4 is 0 Å². The van der Waals surface area contributed by atoms with Gasteiger partial charge >= 0.3 is 0 Å². The maximum Gasteiger partial charge on any atom is 0.178 e. The predicted molar refractivity (Wildman–Crippen MR) is 64.9 cm³/mol. The van der Waals surface area contributed by atoms with Crippen molar-refractivity contribution in [3.05, 3.63) is 29.7 Å². The Balaban J connectivity index is 0.000000617. The van der Waals surface area contributed by atoms with Crippen LogP contribution in [0.2, 0.25) is 0 Å². The molecule has 0 aliphatic carbocycles. The van der Waals surface area contributed by atoms with E-state index in [1.54, 1.807) is 6.20 Å². The van der Waals surface area contributed by atoms with Gasteiger partial charge in [-0.2, -0.15) is 0 Å². The summed E-state index contributed by atoms with van der Waals surface area (Å²) in [4.78, 5) is 12.8. The van der Waals surface area contributed by atoms with Crippen molar-refractivity contribution >= 4 is 11.2 Å². The van der Waals surface area contributed by atoms with Crippen LogP contribution in [0.1, 0.15) is 32.7 Å². The van der Waals surface area contributed by atoms with Crippen LogP contribution in [-0.2, 0) is 0 Å². The zero-order valence-corrected chi connectivity index (χ0v) is 9.07. The largest absolute Gasteiger partial charge is 0.248 e. The van der Waals surface area contributed by atoms with Crippen LogP contribution in [0, 0.1) is 13.8 Å². The van der Waals surface area contributed by atoms with Crippen molar-refractivity contribution in [1.29, 1.82) is 0 Å². The summed E-state index contributed by atoms with van der Waals surface area (Å²) >= 11 is 0. The minimum absolute atomic E-state index is 0. The first-order valence-electron chi connectivity index (χ1n) is 4.83. The smallest absolute Gasteiger partial charge is 0.178 e. The lowest BCUT2D eigenvalue weighted by molar-refractivity contribution is 1.08. The van der Waals surface area contributed by atoms with E-state index in [1.807, 2.05) is 39.8 Å². The van der Waals surface area contributed by atoms with E-state index in [2.05, 4.69) is 15.0 Å². The van der Waals surface area contributed by atoms with E-state index in [0.717, 1.165) is 22.6 Å². The SMILES string of the molecule is C.CC.Cc1nc2cccnc2nc1C. The Morgan fingerprint density at radius 2 is 1.60 bits per heavy atom. The summed E-state index contributed by atoms with van der Waals surface area (Å²) in [6.07, 6.45) is 1.73. The molecule has 0 fully saturated rings. The van der Waals surface area contributed by atoms with Gasteiger partial charge in [-0.1, -0.05) is 21.3 Å². The Morgan fingerprint density at radius 1 is 1.00 bits per heavy atom. The fourth-order valence-electron chi connectivity index (χ4n) is 1.06. The molecule has 0 bridgehead atoms. The second-order valence-corrected chi connectivity index (χ2v) is 2.74. The number of fused-ring (bicyclic) bond motifs is 1. The second kappa shape index (κ2) is 6.06. The summed E-state index contributed by atoms with van der Waals surface area (Å²) in [5.41, 5.74) is 3.50. The molecule has 0 saturated carbocycles. The number of rotatable bonds is 0. The van der Waals surface area contributed by atoms with Crippen molar-refractivity contribution in [2.45, 2.75) is 35.1 Å². The first-order chi connectivity index (χ1) is 6.77. The highest BCUT2D eigenvalue weighted by atomic mass is 14.9. The van der Waals surface area contributed by atoms with Crippen molar-refractivity contribution in [2.75, 3.05) is 0 Å². The summed E-state index contributed by atoms with van der Waals surface area (Å²) in [6, 6.07) is 3.79. The molecule has 0 aliphatic rings. The molecule has 0 aliphatic heterocycles. The van der Waals surface area contributed by atoms with Crippen LogP contribution in [-0.4, -0.2) is 15.0 Å². The molecule has 0 amide bonds. The molecule has 3 heteroatoms. The lowest BCUT2D eigenvalue weighted by Gasteiger charge is -1.99. The third kappa shape index (κ3) is 2.98. The first-order valence-corrected chi connectivity index (χ1v) is 4.83. The highest BCUT2D eigenvalue weighted by Gasteiger charge is 1.99. The summed E-state index contributed by atoms with van der Waals surface area (Å²) in [5, 5.41) is 0. The fraction of sp³-hybridized carbons (Fsp3) is 0.417. The van der Waals surface area contributed by atoms with Crippen LogP contribution in [0.25, 0.3) is 11.2 Å². The van der Waals surface area contributed by atoms with Gasteiger partial charge in [0.2, 0.25) is 0 Å². The average molecular weight is 205 g/mol. The minimum atomic E-state index is 0. The number of nitrogens with zero attached hydrogens (tertiary/aromatic N) is 3. The maximum atomic E-state index is 4.35. The van der Waals surface area contributed by atoms with E-state index in [0.29, 0.717) is 0 Å². The molecule has 0 spiro atoms. The van der Waals surface area contributed by atoms with Crippen LogP contribution in [0.3, 0.4) is 0 Å². The lowest BCUT2D eigenvalue weighted by atomic mass is 10.3. The van der Waals surface area contributed by atoms with Crippen LogP contribution in [0.4, 0.5) is 0 Å². The van der Waals surface area contributed by atoms with Gasteiger partial charge in [0.1, 0.15) is 5.52 Å². The van der Waals surface area contributed by atoms with Gasteiger partial charge in [-0.05, 0) is 26.0 Å². The maximum absolute atomic E-state index is 4.35. The van der Waals surface area contributed by atoms with Crippen LogP contribution >= 0.6 is 0 Å². The van der Waals surface area contributed by atoms with Gasteiger partial charge in [0.25, 0.3) is 0 Å². The van der Waals surface area contributed by atoms with Gasteiger partial charge in [-0.15, -0.1) is 0 Å². The lowest BCUT2D eigenvalue weighted by Crippen LogP contribution is -1.94. The molecule has 0 unspecified atom stereocenters. The van der Waals surface area contributed by atoms with E-state index in [4.69, 9.17) is 0 Å². The van der Waals surface area contributed by atoms with E-state index in [1.165, 1.54) is 0 Å². The minimum Gasteiger partial charge on any atom is -0.248 e. The summed E-state index contributed by atoms with van der Waals surface area (Å²) in [7, 11) is 0. The summed E-state index contributed by atoms with van der Waals surface area (Å²) in [5.74, 6) is 0. The van der Waals surface area contributed by atoms with Gasteiger partial charge in [0, 0.05) is 6.20 Å². The van der Waals surface area contributed by atoms with Crippen molar-refractivity contribution in [3.63, 3.8) is 0 Å². The molecule has 2 heterocycles. The van der Waals surface area contributed by atoms with Crippen molar-refractivity contribution in [3.8, 4) is 0 Å². The Hall–Kier alpha value is -1.51. The quantitative estimate of drug-likeness (QED) is 0.662. The second-order valence-electron chi connectivity index (χ2n) is 2.74. The van der Waals surface area contributed by atoms with Gasteiger partial charge in [0.05, 0.1) is 11.4 Å². The molecule has 2 aromatic rings. The monoisotopic (exact) mass is 205 g/mol. The van der Waals surface area contributed by atoms with Crippen LogP contribution in [0.5, 0.6) is 0 Å². The van der Waals surface area contributed by atoms with Gasteiger partial charge in [-0.3, -0.25) is 0 Å². The van der Waals surface area contributed by atoms with E-state index in [9.17, 15) is 0 Å². The molecule has 2 rings (SSSR count). The Bertz CT molecular complexity index is 384. The molecule has 0 atom stereocenters. The normalized spacial score (nSPS) is 8.80. The number of aromatic nitrogens is 3. The van der Waals surface area contributed by atoms with Crippen LogP contribution in [0.15, 0.2) is 18.3 Å². The molecular formula is C12H19N3. The van der Waals surface area contributed by atoms with Crippen molar-refractivity contribution in [1.82, 2.24) is 15.0 Å². The molecule has 0 radical (unpaired) electrons. The molecule has 0 saturated heterocycles. The van der Waals surface area contributed by atoms with E-state index >= 15 is 0 Å². The number of aryl methyl sites for hydroxylation is 2. The topological polar surface area (TPSA) is 38.7 Å². The number of hydrogen-bond acceptors (Lipinski definition) is 3. The standard InChI is InChI=1S/C9H9N3.C2H6.CH4/c1-6-7(2)12-9-8(11-6)4-3-5-10-9;1-2;/h3-5H,1-2H3;1-2H3;1H4. The Kier molecular flexibility index (Phi) is 5.45. The number of hydrogen-bond donors (Lipinski definition) is 0. The average Bonchev–Trinajstić information content (AvgIpc) is 2.23. The van der Waals surface area contributed by atoms with E-state index < -0.39 is 0 Å². The number of pyridine rings is 1. The highest BCUT2D eigenvalue weighted by Crippen LogP contribution is 2.08. The van der Waals surface area contributed by atoms with Gasteiger partial charge in [-0.25, -0.2) is 15.0 Å². The van der Waals surface area contributed by atoms with E-state index in [-0.39, 0.29) is 7.43 Å². The predicted octanol–water partition coefficient (Wildman–Crippen LogP) is 3.30. The summed E-state index contributed by atoms with van der Waals surface area (Å²) in [6.45, 7) is 7.89. The van der Waals surface area contributed by atoms with Gasteiger partial charge < -0.3 is 0 Å². The zero-order chi connectivity index (χ0) is 10.6. The molecule has 15 heavy (non-hydrogen) atoms. The third-order valence-corrected chi connectivity index (χ3v) is 1.85. The first kappa shape index (κ1) is 13.5. The zero-order valence-electron chi connectivity index (χ0n) is 9.07. The Morgan fingerprint density at radius 3 is 2.27 bits per heavy atom. The molecule has 0 N–H and O–H groups in total. The Labute approximate surface area is 91.6 Å². The molecule has 0 aromatic carbocycles. The molecule has 3 nitrogen and oxygen atoms in total. The van der Waals surface area contributed by atoms with Crippen molar-refractivity contribution < 1.29 is 0 Å². The highest BCUT2D eigenvalue weighted by molar-refractivity contribution is 5.69. The summed E-state index contributed by atoms with van der Waals surface area (Å²) < 4.78 is 0. The molecule has 82 valence electrons. The third-order valence-electron chi connectivity index (χ3n) is 1.85.